The number of fused-ring (bicyclic) bond motifs is 3. The molecule has 0 spiro atoms. The van der Waals surface area contributed by atoms with Crippen LogP contribution in [-0.2, 0) is 27.7 Å². The van der Waals surface area contributed by atoms with E-state index in [0.29, 0.717) is 17.6 Å². The van der Waals surface area contributed by atoms with E-state index in [1.165, 1.54) is 12.1 Å². The number of esters is 1. The largest absolute Gasteiger partial charge is 0.425 e. The first-order valence-electron chi connectivity index (χ1n) is 12.0. The zero-order valence-electron chi connectivity index (χ0n) is 20.5. The summed E-state index contributed by atoms with van der Waals surface area (Å²) in [4.78, 5) is 25.8. The Labute approximate surface area is 205 Å². The highest BCUT2D eigenvalue weighted by atomic mass is 32.2. The Hall–Kier alpha value is -2.97. The topological polar surface area (TPSA) is 103 Å². The van der Waals surface area contributed by atoms with Gasteiger partial charge in [0, 0.05) is 16.5 Å². The van der Waals surface area contributed by atoms with Crippen LogP contribution in [0.2, 0.25) is 0 Å². The zero-order chi connectivity index (χ0) is 25.3. The van der Waals surface area contributed by atoms with Crippen molar-refractivity contribution < 1.29 is 22.4 Å². The van der Waals surface area contributed by atoms with E-state index in [0.717, 1.165) is 41.3 Å². The Morgan fingerprint density at radius 1 is 1.03 bits per heavy atom. The fourth-order valence-corrected chi connectivity index (χ4v) is 5.75. The fourth-order valence-electron chi connectivity index (χ4n) is 4.55. The number of aryl methyl sites for hydroxylation is 3. The van der Waals surface area contributed by atoms with Gasteiger partial charge in [-0.05, 0) is 81.7 Å². The lowest BCUT2D eigenvalue weighted by molar-refractivity contribution is -0.136. The quantitative estimate of drug-likeness (QED) is 0.291. The Kier molecular flexibility index (Phi) is 7.15. The van der Waals surface area contributed by atoms with Gasteiger partial charge in [-0.3, -0.25) is 0 Å². The number of sulfonamides is 1. The molecule has 1 aliphatic rings. The van der Waals surface area contributed by atoms with E-state index in [1.54, 1.807) is 25.1 Å². The van der Waals surface area contributed by atoms with Gasteiger partial charge in [0.2, 0.25) is 10.0 Å². The predicted octanol–water partition coefficient (Wildman–Crippen LogP) is 4.59. The summed E-state index contributed by atoms with van der Waals surface area (Å²) in [6.45, 7) is 7.41. The summed E-state index contributed by atoms with van der Waals surface area (Å²) in [5, 5.41) is 0.857. The average Bonchev–Trinajstić information content (AvgIpc) is 2.81. The molecule has 1 N–H and O–H groups in total. The Morgan fingerprint density at radius 2 is 1.69 bits per heavy atom. The van der Waals surface area contributed by atoms with E-state index < -0.39 is 22.0 Å². The summed E-state index contributed by atoms with van der Waals surface area (Å²) in [6.07, 6.45) is 3.76. The summed E-state index contributed by atoms with van der Waals surface area (Å²) >= 11 is 0. The molecule has 1 atom stereocenters. The van der Waals surface area contributed by atoms with E-state index >= 15 is 0 Å². The molecule has 3 aromatic rings. The maximum Gasteiger partial charge on any atom is 0.339 e. The molecule has 186 valence electrons. The third-order valence-electron chi connectivity index (χ3n) is 6.42. The number of rotatable bonds is 7. The van der Waals surface area contributed by atoms with Crippen molar-refractivity contribution >= 4 is 27.0 Å². The van der Waals surface area contributed by atoms with Crippen molar-refractivity contribution in [1.82, 2.24) is 4.72 Å². The van der Waals surface area contributed by atoms with Gasteiger partial charge in [-0.2, -0.15) is 4.72 Å². The van der Waals surface area contributed by atoms with Crippen LogP contribution >= 0.6 is 0 Å². The first kappa shape index (κ1) is 25.1. The van der Waals surface area contributed by atoms with Crippen molar-refractivity contribution in [2.75, 3.05) is 0 Å². The minimum atomic E-state index is -3.93. The minimum absolute atomic E-state index is 0.0375. The lowest BCUT2D eigenvalue weighted by atomic mass is 9.90. The highest BCUT2D eigenvalue weighted by Gasteiger charge is 2.29. The molecule has 4 rings (SSSR count). The molecule has 1 heterocycles. The summed E-state index contributed by atoms with van der Waals surface area (Å²) < 4.78 is 39.7. The second-order valence-corrected chi connectivity index (χ2v) is 11.4. The maximum atomic E-state index is 13.2. The molecule has 2 aromatic carbocycles. The van der Waals surface area contributed by atoms with Crippen LogP contribution in [0.3, 0.4) is 0 Å². The first-order chi connectivity index (χ1) is 16.6. The molecule has 0 radical (unpaired) electrons. The fraction of sp³-hybridized carbons (Fsp3) is 0.407. The van der Waals surface area contributed by atoms with Crippen molar-refractivity contribution in [3.05, 3.63) is 69.1 Å². The third kappa shape index (κ3) is 5.33. The predicted molar refractivity (Wildman–Crippen MR) is 134 cm³/mol. The number of nitrogens with one attached hydrogen (secondary N) is 1. The van der Waals surface area contributed by atoms with Crippen molar-refractivity contribution in [3.8, 4) is 5.75 Å². The lowest BCUT2D eigenvalue weighted by Gasteiger charge is -2.21. The summed E-state index contributed by atoms with van der Waals surface area (Å²) in [6, 6.07) is 8.84. The monoisotopic (exact) mass is 497 g/mol. The minimum Gasteiger partial charge on any atom is -0.425 e. The van der Waals surface area contributed by atoms with Crippen LogP contribution < -0.4 is 15.1 Å². The van der Waals surface area contributed by atoms with Gasteiger partial charge < -0.3 is 9.15 Å². The molecule has 0 amide bonds. The van der Waals surface area contributed by atoms with Crippen molar-refractivity contribution in [2.24, 2.45) is 5.92 Å². The van der Waals surface area contributed by atoms with Crippen LogP contribution in [0.25, 0.3) is 11.0 Å². The molecule has 8 heteroatoms. The van der Waals surface area contributed by atoms with E-state index in [1.807, 2.05) is 26.8 Å². The van der Waals surface area contributed by atoms with Gasteiger partial charge >= 0.3 is 11.6 Å². The smallest absolute Gasteiger partial charge is 0.339 e. The van der Waals surface area contributed by atoms with Crippen molar-refractivity contribution in [2.45, 2.75) is 70.7 Å². The van der Waals surface area contributed by atoms with Gasteiger partial charge in [0.05, 0.1) is 4.90 Å². The molecule has 1 aromatic heterocycles. The van der Waals surface area contributed by atoms with Gasteiger partial charge in [-0.1, -0.05) is 31.5 Å². The number of hydrogen-bond donors (Lipinski definition) is 1. The number of carbonyl (C=O) groups is 1. The average molecular weight is 498 g/mol. The Morgan fingerprint density at radius 3 is 2.34 bits per heavy atom. The summed E-state index contributed by atoms with van der Waals surface area (Å²) in [5.74, 6) is -0.433. The molecular weight excluding hydrogens is 466 g/mol. The van der Waals surface area contributed by atoms with E-state index in [9.17, 15) is 18.0 Å². The molecule has 35 heavy (non-hydrogen) atoms. The standard InChI is InChI=1S/C27H31NO6S/c1-16(2)15-23(28-35(31,32)19-11-9-17(3)10-12-19)27(30)33-24-14-13-21-20-7-5-6-8-22(20)26(29)34-25(21)18(24)4/h9-14,16,23,28H,5-8,15H2,1-4H3/t23-/m0/s1. The maximum absolute atomic E-state index is 13.2. The van der Waals surface area contributed by atoms with Crippen LogP contribution in [-0.4, -0.2) is 20.4 Å². The third-order valence-corrected chi connectivity index (χ3v) is 7.91. The van der Waals surface area contributed by atoms with Crippen LogP contribution in [0.15, 0.2) is 50.5 Å². The highest BCUT2D eigenvalue weighted by Crippen LogP contribution is 2.33. The zero-order valence-corrected chi connectivity index (χ0v) is 21.3. The molecule has 0 bridgehead atoms. The van der Waals surface area contributed by atoms with Crippen LogP contribution in [0.1, 0.15) is 55.4 Å². The normalized spacial score (nSPS) is 14.7. The van der Waals surface area contributed by atoms with Crippen LogP contribution in [0, 0.1) is 19.8 Å². The molecule has 0 fully saturated rings. The second-order valence-electron chi connectivity index (χ2n) is 9.66. The van der Waals surface area contributed by atoms with Crippen molar-refractivity contribution in [1.29, 1.82) is 0 Å². The van der Waals surface area contributed by atoms with Crippen molar-refractivity contribution in [3.63, 3.8) is 0 Å². The Balaban J connectivity index is 1.63. The van der Waals surface area contributed by atoms with Gasteiger partial charge in [0.15, 0.2) is 0 Å². The molecule has 0 unspecified atom stereocenters. The van der Waals surface area contributed by atoms with Gasteiger partial charge in [0.25, 0.3) is 0 Å². The van der Waals surface area contributed by atoms with E-state index in [-0.39, 0.29) is 28.6 Å². The van der Waals surface area contributed by atoms with E-state index in [2.05, 4.69) is 4.72 Å². The molecule has 0 saturated heterocycles. The molecular formula is C27H31NO6S. The number of ether oxygens (including phenoxy) is 1. The SMILES string of the molecule is Cc1ccc(S(=O)(=O)N[C@@H](CC(C)C)C(=O)Oc2ccc3c4c(c(=O)oc3c2C)CCCC4)cc1. The van der Waals surface area contributed by atoms with E-state index in [4.69, 9.17) is 9.15 Å². The summed E-state index contributed by atoms with van der Waals surface area (Å²) in [7, 11) is -3.93. The lowest BCUT2D eigenvalue weighted by Crippen LogP contribution is -2.43. The molecule has 0 aliphatic heterocycles. The van der Waals surface area contributed by atoms with Crippen LogP contribution in [0.5, 0.6) is 5.75 Å². The van der Waals surface area contributed by atoms with Gasteiger partial charge in [0.1, 0.15) is 17.4 Å². The second kappa shape index (κ2) is 9.95. The highest BCUT2D eigenvalue weighted by molar-refractivity contribution is 7.89. The molecule has 1 aliphatic carbocycles. The number of carbonyl (C=O) groups excluding carboxylic acids is 1. The first-order valence-corrected chi connectivity index (χ1v) is 13.4. The molecule has 0 saturated carbocycles. The molecule has 7 nitrogen and oxygen atoms in total. The van der Waals surface area contributed by atoms with Gasteiger partial charge in [-0.25, -0.2) is 18.0 Å². The summed E-state index contributed by atoms with van der Waals surface area (Å²) in [5.41, 5.74) is 3.26. The van der Waals surface area contributed by atoms with Gasteiger partial charge in [-0.15, -0.1) is 0 Å². The number of hydrogen-bond acceptors (Lipinski definition) is 6. The Bertz CT molecular complexity index is 1420. The number of benzene rings is 2. The van der Waals surface area contributed by atoms with Crippen LogP contribution in [0.4, 0.5) is 0 Å².